The highest BCUT2D eigenvalue weighted by Gasteiger charge is 2.23. The largest absolute Gasteiger partial charge is 0.348 e. The minimum atomic E-state index is -0.200. The summed E-state index contributed by atoms with van der Waals surface area (Å²) in [6.45, 7) is 2.34. The molecule has 0 aliphatic carbocycles. The molecule has 1 amide bonds. The molecule has 1 aliphatic heterocycles. The van der Waals surface area contributed by atoms with Gasteiger partial charge in [-0.15, -0.1) is 0 Å². The number of rotatable bonds is 2. The number of fused-ring (bicyclic) bond motifs is 2. The number of amides is 1. The Balaban J connectivity index is 1.56. The van der Waals surface area contributed by atoms with Crippen molar-refractivity contribution in [2.75, 3.05) is 0 Å². The van der Waals surface area contributed by atoms with E-state index in [4.69, 9.17) is 11.6 Å². The van der Waals surface area contributed by atoms with E-state index >= 15 is 0 Å². The molecule has 25 heavy (non-hydrogen) atoms. The number of H-pyrrole nitrogens is 1. The fourth-order valence-electron chi connectivity index (χ4n) is 3.31. The van der Waals surface area contributed by atoms with E-state index in [2.05, 4.69) is 20.5 Å². The molecule has 0 bridgehead atoms. The molecule has 9 heteroatoms. The van der Waals surface area contributed by atoms with Crippen molar-refractivity contribution >= 4 is 23.2 Å². The zero-order chi connectivity index (χ0) is 17.6. The van der Waals surface area contributed by atoms with Crippen molar-refractivity contribution in [3.8, 4) is 0 Å². The Morgan fingerprint density at radius 2 is 2.24 bits per heavy atom. The van der Waals surface area contributed by atoms with Crippen molar-refractivity contribution in [3.05, 3.63) is 51.0 Å². The Morgan fingerprint density at radius 3 is 3.08 bits per heavy atom. The monoisotopic (exact) mass is 360 g/mol. The maximum absolute atomic E-state index is 12.8. The van der Waals surface area contributed by atoms with E-state index < -0.39 is 0 Å². The summed E-state index contributed by atoms with van der Waals surface area (Å²) in [6, 6.07) is 3.50. The number of nitrogens with zero attached hydrogens (tertiary/aromatic N) is 4. The summed E-state index contributed by atoms with van der Waals surface area (Å²) in [6.07, 6.45) is 3.73. The van der Waals surface area contributed by atoms with Crippen LogP contribution in [0.3, 0.4) is 0 Å². The highest BCUT2D eigenvalue weighted by molar-refractivity contribution is 6.30. The van der Waals surface area contributed by atoms with Gasteiger partial charge < -0.3 is 5.32 Å². The Hall–Kier alpha value is -2.61. The molecule has 0 radical (unpaired) electrons. The average molecular weight is 361 g/mol. The predicted octanol–water partition coefficient (Wildman–Crippen LogP) is 1.32. The fourth-order valence-corrected chi connectivity index (χ4v) is 3.47. The van der Waals surface area contributed by atoms with Crippen LogP contribution in [0.4, 0.5) is 0 Å². The van der Waals surface area contributed by atoms with E-state index in [1.807, 2.05) is 0 Å². The fraction of sp³-hybridized carbons (Fsp3) is 0.375. The highest BCUT2D eigenvalue weighted by Crippen LogP contribution is 2.17. The van der Waals surface area contributed by atoms with Gasteiger partial charge in [0.05, 0.1) is 10.7 Å². The van der Waals surface area contributed by atoms with Gasteiger partial charge >= 0.3 is 5.69 Å². The summed E-state index contributed by atoms with van der Waals surface area (Å²) in [5.74, 6) is 0.547. The lowest BCUT2D eigenvalue weighted by Gasteiger charge is -2.16. The van der Waals surface area contributed by atoms with Crippen molar-refractivity contribution in [1.82, 2.24) is 29.5 Å². The van der Waals surface area contributed by atoms with E-state index in [1.54, 1.807) is 34.2 Å². The van der Waals surface area contributed by atoms with Gasteiger partial charge in [-0.2, -0.15) is 5.10 Å². The molecule has 1 unspecified atom stereocenters. The van der Waals surface area contributed by atoms with Crippen molar-refractivity contribution in [1.29, 1.82) is 0 Å². The number of carbonyl (C=O) groups excluding carboxylic acids is 1. The van der Waals surface area contributed by atoms with Crippen LogP contribution in [0.5, 0.6) is 0 Å². The summed E-state index contributed by atoms with van der Waals surface area (Å²) in [5, 5.41) is 10.1. The average Bonchev–Trinajstić information content (AvgIpc) is 3.00. The lowest BCUT2D eigenvalue weighted by molar-refractivity contribution is 0.0926. The SMILES string of the molecule is Cc1nc2ccc(Cl)cn2c1C(=O)NC1CCc2n[nH]c(=O)n2CC1. The number of aromatic nitrogens is 5. The predicted molar refractivity (Wildman–Crippen MR) is 92.0 cm³/mol. The lowest BCUT2D eigenvalue weighted by atomic mass is 10.1. The van der Waals surface area contributed by atoms with Crippen LogP contribution in [0.15, 0.2) is 23.1 Å². The van der Waals surface area contributed by atoms with E-state index in [1.165, 1.54) is 0 Å². The quantitative estimate of drug-likeness (QED) is 0.720. The van der Waals surface area contributed by atoms with Crippen molar-refractivity contribution < 1.29 is 4.79 Å². The van der Waals surface area contributed by atoms with Crippen molar-refractivity contribution in [2.24, 2.45) is 0 Å². The zero-order valence-corrected chi connectivity index (χ0v) is 14.4. The number of halogens is 1. The molecule has 0 aromatic carbocycles. The molecule has 1 aliphatic rings. The van der Waals surface area contributed by atoms with Gasteiger partial charge in [0.25, 0.3) is 5.91 Å². The maximum atomic E-state index is 12.8. The first-order chi connectivity index (χ1) is 12.0. The van der Waals surface area contributed by atoms with Gasteiger partial charge in [0, 0.05) is 25.2 Å². The summed E-state index contributed by atoms with van der Waals surface area (Å²) in [5.41, 5.74) is 1.61. The van der Waals surface area contributed by atoms with Crippen LogP contribution in [0, 0.1) is 6.92 Å². The number of hydrogen-bond acceptors (Lipinski definition) is 4. The van der Waals surface area contributed by atoms with Gasteiger partial charge in [-0.1, -0.05) is 11.6 Å². The molecule has 3 aromatic rings. The summed E-state index contributed by atoms with van der Waals surface area (Å²) >= 11 is 6.05. The van der Waals surface area contributed by atoms with Crippen LogP contribution in [-0.2, 0) is 13.0 Å². The molecule has 2 N–H and O–H groups in total. The minimum absolute atomic E-state index is 0.0299. The highest BCUT2D eigenvalue weighted by atomic mass is 35.5. The molecule has 0 saturated heterocycles. The standard InChI is InChI=1S/C16H17ClN6O2/c1-9-14(23-8-10(17)2-4-12(23)18-9)15(24)19-11-3-5-13-20-21-16(25)22(13)7-6-11/h2,4,8,11H,3,5-7H2,1H3,(H,19,24)(H,21,25). The molecular formula is C16H17ClN6O2. The number of pyridine rings is 1. The third-order valence-electron chi connectivity index (χ3n) is 4.56. The van der Waals surface area contributed by atoms with E-state index in [-0.39, 0.29) is 17.6 Å². The summed E-state index contributed by atoms with van der Waals surface area (Å²) in [4.78, 5) is 28.9. The number of carbonyl (C=O) groups is 1. The maximum Gasteiger partial charge on any atom is 0.343 e. The Morgan fingerprint density at radius 1 is 1.40 bits per heavy atom. The molecular weight excluding hydrogens is 344 g/mol. The molecule has 3 aromatic heterocycles. The van der Waals surface area contributed by atoms with E-state index in [0.29, 0.717) is 41.4 Å². The first-order valence-corrected chi connectivity index (χ1v) is 8.50. The molecule has 0 saturated carbocycles. The van der Waals surface area contributed by atoms with E-state index in [0.717, 1.165) is 12.2 Å². The number of nitrogens with one attached hydrogen (secondary N) is 2. The van der Waals surface area contributed by atoms with Gasteiger partial charge in [-0.3, -0.25) is 13.8 Å². The van der Waals surface area contributed by atoms with Gasteiger partial charge in [0.15, 0.2) is 0 Å². The second-order valence-electron chi connectivity index (χ2n) is 6.22. The summed E-state index contributed by atoms with van der Waals surface area (Å²) < 4.78 is 3.34. The van der Waals surface area contributed by atoms with Crippen LogP contribution in [-0.4, -0.2) is 36.1 Å². The number of hydrogen-bond donors (Lipinski definition) is 2. The Bertz CT molecular complexity index is 1020. The molecule has 130 valence electrons. The topological polar surface area (TPSA) is 97.1 Å². The number of aryl methyl sites for hydroxylation is 2. The normalized spacial score (nSPS) is 17.3. The second kappa shape index (κ2) is 6.03. The van der Waals surface area contributed by atoms with Gasteiger partial charge in [-0.25, -0.2) is 14.9 Å². The molecule has 8 nitrogen and oxygen atoms in total. The first-order valence-electron chi connectivity index (χ1n) is 8.12. The van der Waals surface area contributed by atoms with Gasteiger partial charge in [0.1, 0.15) is 17.2 Å². The minimum Gasteiger partial charge on any atom is -0.348 e. The van der Waals surface area contributed by atoms with Crippen LogP contribution < -0.4 is 11.0 Å². The second-order valence-corrected chi connectivity index (χ2v) is 6.65. The van der Waals surface area contributed by atoms with Crippen LogP contribution in [0.1, 0.15) is 34.8 Å². The first kappa shape index (κ1) is 15.9. The Kier molecular flexibility index (Phi) is 3.84. The third-order valence-corrected chi connectivity index (χ3v) is 4.79. The molecule has 0 fully saturated rings. The van der Waals surface area contributed by atoms with Crippen LogP contribution in [0.2, 0.25) is 5.02 Å². The molecule has 4 heterocycles. The smallest absolute Gasteiger partial charge is 0.343 e. The van der Waals surface area contributed by atoms with Crippen LogP contribution >= 0.6 is 11.6 Å². The summed E-state index contributed by atoms with van der Waals surface area (Å²) in [7, 11) is 0. The van der Waals surface area contributed by atoms with Crippen molar-refractivity contribution in [2.45, 2.75) is 38.8 Å². The number of imidazole rings is 1. The van der Waals surface area contributed by atoms with Gasteiger partial charge in [-0.05, 0) is 31.9 Å². The lowest BCUT2D eigenvalue weighted by Crippen LogP contribution is -2.36. The van der Waals surface area contributed by atoms with E-state index in [9.17, 15) is 9.59 Å². The van der Waals surface area contributed by atoms with Crippen molar-refractivity contribution in [3.63, 3.8) is 0 Å². The number of aromatic amines is 1. The van der Waals surface area contributed by atoms with Crippen LogP contribution in [0.25, 0.3) is 5.65 Å². The molecule has 1 atom stereocenters. The molecule has 4 rings (SSSR count). The van der Waals surface area contributed by atoms with Gasteiger partial charge in [0.2, 0.25) is 0 Å². The zero-order valence-electron chi connectivity index (χ0n) is 13.6. The Labute approximate surface area is 147 Å². The molecule has 0 spiro atoms. The third kappa shape index (κ3) is 2.82.